The lowest BCUT2D eigenvalue weighted by Gasteiger charge is -2.25. The van der Waals surface area contributed by atoms with Crippen LogP contribution in [0.3, 0.4) is 0 Å². The highest BCUT2D eigenvalue weighted by Crippen LogP contribution is 2.55. The number of hydrogen-bond acceptors (Lipinski definition) is 2. The summed E-state index contributed by atoms with van der Waals surface area (Å²) in [4.78, 5) is 0. The summed E-state index contributed by atoms with van der Waals surface area (Å²) in [5.74, 6) is -0.311. The molecule has 1 unspecified atom stereocenters. The standard InChI is InChI=1S/C10H18O2Si/c1-9(2)10(12-9)8(7-13-3)5-4-6-11-10/h7H,4-6,13H2,1-3H3. The number of hydrogen-bond donors (Lipinski definition) is 0. The first kappa shape index (κ1) is 9.43. The van der Waals surface area contributed by atoms with Crippen LogP contribution in [0, 0.1) is 0 Å². The summed E-state index contributed by atoms with van der Waals surface area (Å²) in [5, 5.41) is 0. The molecule has 2 heterocycles. The van der Waals surface area contributed by atoms with Crippen molar-refractivity contribution in [3.8, 4) is 0 Å². The molecule has 3 heteroatoms. The summed E-state index contributed by atoms with van der Waals surface area (Å²) in [6.45, 7) is 7.38. The lowest BCUT2D eigenvalue weighted by Crippen LogP contribution is -2.31. The Morgan fingerprint density at radius 2 is 2.15 bits per heavy atom. The number of epoxide rings is 1. The molecule has 13 heavy (non-hydrogen) atoms. The highest BCUT2D eigenvalue weighted by Gasteiger charge is 2.68. The molecule has 0 aromatic carbocycles. The van der Waals surface area contributed by atoms with Crippen LogP contribution in [0.25, 0.3) is 0 Å². The smallest absolute Gasteiger partial charge is 0.220 e. The second-order valence-corrected chi connectivity index (χ2v) is 5.54. The van der Waals surface area contributed by atoms with Gasteiger partial charge in [0, 0.05) is 9.52 Å². The fourth-order valence-electron chi connectivity index (χ4n) is 2.21. The molecule has 0 radical (unpaired) electrons. The van der Waals surface area contributed by atoms with Gasteiger partial charge in [-0.3, -0.25) is 0 Å². The molecule has 0 bridgehead atoms. The third-order valence-electron chi connectivity index (χ3n) is 2.92. The van der Waals surface area contributed by atoms with Gasteiger partial charge in [0.05, 0.1) is 6.61 Å². The third kappa shape index (κ3) is 1.30. The van der Waals surface area contributed by atoms with Crippen molar-refractivity contribution in [2.45, 2.75) is 44.6 Å². The van der Waals surface area contributed by atoms with Gasteiger partial charge in [-0.2, -0.15) is 0 Å². The zero-order chi connectivity index (χ0) is 9.53. The van der Waals surface area contributed by atoms with Crippen molar-refractivity contribution >= 4 is 9.52 Å². The molecule has 2 rings (SSSR count). The second kappa shape index (κ2) is 2.94. The van der Waals surface area contributed by atoms with Crippen LogP contribution >= 0.6 is 0 Å². The molecule has 0 amide bonds. The van der Waals surface area contributed by atoms with Gasteiger partial charge in [-0.1, -0.05) is 12.2 Å². The van der Waals surface area contributed by atoms with Crippen LogP contribution in [-0.2, 0) is 9.47 Å². The minimum atomic E-state index is -0.311. The van der Waals surface area contributed by atoms with Gasteiger partial charge in [0.15, 0.2) is 0 Å². The van der Waals surface area contributed by atoms with Gasteiger partial charge in [-0.25, -0.2) is 0 Å². The highest BCUT2D eigenvalue weighted by molar-refractivity contribution is 6.40. The Morgan fingerprint density at radius 1 is 1.46 bits per heavy atom. The summed E-state index contributed by atoms with van der Waals surface area (Å²) in [5.41, 5.74) is 3.73. The SMILES string of the molecule is C[SiH2]C=C1CCCOC12OC2(C)C. The van der Waals surface area contributed by atoms with Gasteiger partial charge in [0.1, 0.15) is 5.60 Å². The molecule has 1 spiro atoms. The van der Waals surface area contributed by atoms with Gasteiger partial charge >= 0.3 is 0 Å². The molecule has 0 aliphatic carbocycles. The summed E-state index contributed by atoms with van der Waals surface area (Å²) < 4.78 is 11.5. The highest BCUT2D eigenvalue weighted by atomic mass is 28.2. The average Bonchev–Trinajstić information content (AvgIpc) is 2.60. The van der Waals surface area contributed by atoms with Crippen molar-refractivity contribution in [2.75, 3.05) is 6.61 Å². The van der Waals surface area contributed by atoms with Crippen LogP contribution in [0.4, 0.5) is 0 Å². The third-order valence-corrected chi connectivity index (χ3v) is 3.82. The summed E-state index contributed by atoms with van der Waals surface area (Å²) >= 11 is 0. The summed E-state index contributed by atoms with van der Waals surface area (Å²) in [6.07, 6.45) is 2.33. The van der Waals surface area contributed by atoms with Crippen LogP contribution in [0.5, 0.6) is 0 Å². The van der Waals surface area contributed by atoms with E-state index in [1.807, 2.05) is 0 Å². The van der Waals surface area contributed by atoms with Gasteiger partial charge in [0.25, 0.3) is 0 Å². The molecule has 0 aromatic heterocycles. The lowest BCUT2D eigenvalue weighted by atomic mass is 9.94. The van der Waals surface area contributed by atoms with E-state index < -0.39 is 0 Å². The molecule has 2 aliphatic heterocycles. The zero-order valence-corrected chi connectivity index (χ0v) is 10.1. The molecule has 74 valence electrons. The van der Waals surface area contributed by atoms with Crippen molar-refractivity contribution in [2.24, 2.45) is 0 Å². The van der Waals surface area contributed by atoms with E-state index in [0.29, 0.717) is 0 Å². The van der Waals surface area contributed by atoms with E-state index in [-0.39, 0.29) is 20.9 Å². The average molecular weight is 198 g/mol. The number of rotatable bonds is 1. The Hall–Kier alpha value is -0.123. The van der Waals surface area contributed by atoms with Crippen molar-refractivity contribution in [3.63, 3.8) is 0 Å². The topological polar surface area (TPSA) is 21.8 Å². The molecule has 2 fully saturated rings. The second-order valence-electron chi connectivity index (χ2n) is 4.32. The predicted molar refractivity (Wildman–Crippen MR) is 55.6 cm³/mol. The minimum absolute atomic E-state index is 0.0304. The molecule has 0 aromatic rings. The Balaban J connectivity index is 2.21. The predicted octanol–water partition coefficient (Wildman–Crippen LogP) is 1.40. The Kier molecular flexibility index (Phi) is 2.13. The zero-order valence-electron chi connectivity index (χ0n) is 8.72. The lowest BCUT2D eigenvalue weighted by molar-refractivity contribution is -0.0373. The maximum Gasteiger partial charge on any atom is 0.220 e. The quantitative estimate of drug-likeness (QED) is 0.469. The van der Waals surface area contributed by atoms with E-state index in [1.54, 1.807) is 0 Å². The van der Waals surface area contributed by atoms with Crippen molar-refractivity contribution < 1.29 is 9.47 Å². The van der Waals surface area contributed by atoms with Gasteiger partial charge in [-0.15, -0.1) is 0 Å². The van der Waals surface area contributed by atoms with Gasteiger partial charge < -0.3 is 9.47 Å². The monoisotopic (exact) mass is 198 g/mol. The van der Waals surface area contributed by atoms with E-state index >= 15 is 0 Å². The Labute approximate surface area is 82.1 Å². The van der Waals surface area contributed by atoms with Crippen molar-refractivity contribution in [1.29, 1.82) is 0 Å². The van der Waals surface area contributed by atoms with Crippen LogP contribution in [0.1, 0.15) is 26.7 Å². The van der Waals surface area contributed by atoms with E-state index in [4.69, 9.17) is 9.47 Å². The molecule has 1 atom stereocenters. The van der Waals surface area contributed by atoms with Crippen LogP contribution in [0.2, 0.25) is 6.55 Å². The van der Waals surface area contributed by atoms with Crippen molar-refractivity contribution in [3.05, 3.63) is 11.3 Å². The maximum absolute atomic E-state index is 5.79. The largest absolute Gasteiger partial charge is 0.344 e. The van der Waals surface area contributed by atoms with E-state index in [2.05, 4.69) is 26.1 Å². The first-order valence-corrected chi connectivity index (χ1v) is 7.39. The first-order valence-electron chi connectivity index (χ1n) is 5.16. The van der Waals surface area contributed by atoms with Crippen LogP contribution < -0.4 is 0 Å². The number of ether oxygens (including phenoxy) is 2. The minimum Gasteiger partial charge on any atom is -0.344 e. The normalized spacial score (nSPS) is 40.7. The van der Waals surface area contributed by atoms with E-state index in [9.17, 15) is 0 Å². The molecule has 2 nitrogen and oxygen atoms in total. The fraction of sp³-hybridized carbons (Fsp3) is 0.800. The molecular weight excluding hydrogens is 180 g/mol. The Bertz CT molecular complexity index is 247. The maximum atomic E-state index is 5.79. The molecule has 2 aliphatic rings. The van der Waals surface area contributed by atoms with Gasteiger partial charge in [0.2, 0.25) is 5.79 Å². The van der Waals surface area contributed by atoms with E-state index in [1.165, 1.54) is 12.0 Å². The van der Waals surface area contributed by atoms with Crippen LogP contribution in [0.15, 0.2) is 11.3 Å². The van der Waals surface area contributed by atoms with Crippen molar-refractivity contribution in [1.82, 2.24) is 0 Å². The summed E-state index contributed by atoms with van der Waals surface area (Å²) in [6, 6.07) is 0. The molecule has 0 N–H and O–H groups in total. The summed E-state index contributed by atoms with van der Waals surface area (Å²) in [7, 11) is -0.0304. The molecular formula is C10H18O2Si. The molecule has 0 saturated carbocycles. The first-order chi connectivity index (χ1) is 6.12. The van der Waals surface area contributed by atoms with Gasteiger partial charge in [-0.05, 0) is 32.3 Å². The molecule has 2 saturated heterocycles. The Morgan fingerprint density at radius 3 is 2.69 bits per heavy atom. The van der Waals surface area contributed by atoms with Crippen LogP contribution in [-0.4, -0.2) is 27.5 Å². The fourth-order valence-corrected chi connectivity index (χ4v) is 3.17. The van der Waals surface area contributed by atoms with E-state index in [0.717, 1.165) is 13.0 Å².